The summed E-state index contributed by atoms with van der Waals surface area (Å²) in [6.45, 7) is 3.51. The number of halogens is 1. The van der Waals surface area contributed by atoms with Gasteiger partial charge in [-0.1, -0.05) is 36.6 Å². The van der Waals surface area contributed by atoms with E-state index in [-0.39, 0.29) is 5.82 Å². The van der Waals surface area contributed by atoms with Gasteiger partial charge in [-0.15, -0.1) is 0 Å². The van der Waals surface area contributed by atoms with Gasteiger partial charge in [0.1, 0.15) is 11.6 Å². The maximum Gasteiger partial charge on any atom is 0.142 e. The highest BCUT2D eigenvalue weighted by molar-refractivity contribution is 5.49. The Morgan fingerprint density at radius 1 is 1.06 bits per heavy atom. The minimum Gasteiger partial charge on any atom is -0.464 e. The summed E-state index contributed by atoms with van der Waals surface area (Å²) in [5, 5.41) is 0. The van der Waals surface area contributed by atoms with Crippen molar-refractivity contribution in [1.29, 1.82) is 0 Å². The zero-order valence-electron chi connectivity index (χ0n) is 9.69. The molecule has 18 heavy (non-hydrogen) atoms. The predicted molar refractivity (Wildman–Crippen MR) is 69.6 cm³/mol. The van der Waals surface area contributed by atoms with Crippen LogP contribution >= 0.6 is 0 Å². The lowest BCUT2D eigenvalue weighted by Crippen LogP contribution is -1.85. The van der Waals surface area contributed by atoms with E-state index in [0.717, 1.165) is 5.56 Å². The van der Waals surface area contributed by atoms with Crippen LogP contribution in [0, 0.1) is 17.7 Å². The van der Waals surface area contributed by atoms with E-state index in [9.17, 15) is 4.39 Å². The molecular formula is C16H11FO. The summed E-state index contributed by atoms with van der Waals surface area (Å²) in [5.41, 5.74) is 1.37. The van der Waals surface area contributed by atoms with Gasteiger partial charge >= 0.3 is 0 Å². The largest absolute Gasteiger partial charge is 0.464 e. The van der Waals surface area contributed by atoms with Gasteiger partial charge in [0.15, 0.2) is 0 Å². The van der Waals surface area contributed by atoms with E-state index < -0.39 is 0 Å². The van der Waals surface area contributed by atoms with E-state index in [1.54, 1.807) is 18.2 Å². The molecule has 0 aliphatic heterocycles. The fraction of sp³-hybridized carbons (Fsp3) is 0. The number of hydrogen-bond acceptors (Lipinski definition) is 1. The summed E-state index contributed by atoms with van der Waals surface area (Å²) < 4.78 is 18.2. The highest BCUT2D eigenvalue weighted by Crippen LogP contribution is 2.16. The molecule has 0 aliphatic rings. The van der Waals surface area contributed by atoms with Crippen molar-refractivity contribution in [2.45, 2.75) is 0 Å². The Bertz CT molecular complexity index is 620. The fourth-order valence-electron chi connectivity index (χ4n) is 1.47. The molecule has 0 bridgehead atoms. The summed E-state index contributed by atoms with van der Waals surface area (Å²) >= 11 is 0. The standard InChI is InChI=1S/C16H11FO/c1-2-18-16-9-4-3-7-14(16)11-10-13-6-5-8-15(17)12-13/h2-9,12H,1H2. The minimum atomic E-state index is -0.294. The Hall–Kier alpha value is -2.53. The lowest BCUT2D eigenvalue weighted by molar-refractivity contribution is 0.482. The van der Waals surface area contributed by atoms with Crippen molar-refractivity contribution in [3.63, 3.8) is 0 Å². The van der Waals surface area contributed by atoms with Crippen molar-refractivity contribution in [3.8, 4) is 17.6 Å². The quantitative estimate of drug-likeness (QED) is 0.572. The van der Waals surface area contributed by atoms with Crippen LogP contribution < -0.4 is 4.74 Å². The molecule has 88 valence electrons. The Morgan fingerprint density at radius 2 is 1.89 bits per heavy atom. The SMILES string of the molecule is C=COc1ccccc1C#Cc1cccc(F)c1. The Labute approximate surface area is 106 Å². The lowest BCUT2D eigenvalue weighted by Gasteiger charge is -2.01. The molecule has 0 saturated heterocycles. The third-order valence-electron chi connectivity index (χ3n) is 2.26. The molecule has 2 aromatic rings. The first-order valence-corrected chi connectivity index (χ1v) is 5.44. The van der Waals surface area contributed by atoms with Crippen molar-refractivity contribution in [2.24, 2.45) is 0 Å². The second-order valence-corrected chi connectivity index (χ2v) is 3.54. The van der Waals surface area contributed by atoms with E-state index in [1.807, 2.05) is 18.2 Å². The van der Waals surface area contributed by atoms with Crippen LogP contribution in [0.2, 0.25) is 0 Å². The van der Waals surface area contributed by atoms with Crippen LogP contribution in [0.15, 0.2) is 61.4 Å². The number of para-hydroxylation sites is 1. The first kappa shape index (κ1) is 11.9. The Balaban J connectivity index is 2.32. The van der Waals surface area contributed by atoms with E-state index in [1.165, 1.54) is 18.4 Å². The van der Waals surface area contributed by atoms with Crippen LogP contribution in [0.25, 0.3) is 0 Å². The van der Waals surface area contributed by atoms with Gasteiger partial charge in [0.2, 0.25) is 0 Å². The number of hydrogen-bond donors (Lipinski definition) is 0. The molecule has 1 nitrogen and oxygen atoms in total. The predicted octanol–water partition coefficient (Wildman–Crippen LogP) is 3.75. The van der Waals surface area contributed by atoms with Gasteiger partial charge in [0.25, 0.3) is 0 Å². The van der Waals surface area contributed by atoms with Crippen molar-refractivity contribution in [2.75, 3.05) is 0 Å². The van der Waals surface area contributed by atoms with Gasteiger partial charge in [-0.05, 0) is 30.3 Å². The number of benzene rings is 2. The molecule has 2 aromatic carbocycles. The third-order valence-corrected chi connectivity index (χ3v) is 2.26. The molecule has 0 spiro atoms. The average Bonchev–Trinajstić information content (AvgIpc) is 2.38. The van der Waals surface area contributed by atoms with Crippen LogP contribution in [0.1, 0.15) is 11.1 Å². The summed E-state index contributed by atoms with van der Waals surface area (Å²) in [4.78, 5) is 0. The molecular weight excluding hydrogens is 227 g/mol. The molecule has 0 aliphatic carbocycles. The topological polar surface area (TPSA) is 9.23 Å². The molecule has 0 heterocycles. The number of ether oxygens (including phenoxy) is 1. The zero-order valence-corrected chi connectivity index (χ0v) is 9.69. The van der Waals surface area contributed by atoms with Crippen LogP contribution in [0.4, 0.5) is 4.39 Å². The van der Waals surface area contributed by atoms with Gasteiger partial charge in [-0.3, -0.25) is 0 Å². The van der Waals surface area contributed by atoms with Crippen LogP contribution in [0.5, 0.6) is 5.75 Å². The Kier molecular flexibility index (Phi) is 3.78. The first-order valence-electron chi connectivity index (χ1n) is 5.44. The van der Waals surface area contributed by atoms with Gasteiger partial charge < -0.3 is 4.74 Å². The summed E-state index contributed by atoms with van der Waals surface area (Å²) in [7, 11) is 0. The molecule has 0 fully saturated rings. The van der Waals surface area contributed by atoms with E-state index >= 15 is 0 Å². The smallest absolute Gasteiger partial charge is 0.142 e. The van der Waals surface area contributed by atoms with Crippen molar-refractivity contribution >= 4 is 0 Å². The maximum atomic E-state index is 13.0. The molecule has 0 N–H and O–H groups in total. The Morgan fingerprint density at radius 3 is 2.67 bits per heavy atom. The van der Waals surface area contributed by atoms with Crippen molar-refractivity contribution < 1.29 is 9.13 Å². The van der Waals surface area contributed by atoms with Crippen molar-refractivity contribution in [1.82, 2.24) is 0 Å². The normalized spacial score (nSPS) is 9.17. The lowest BCUT2D eigenvalue weighted by atomic mass is 10.1. The van der Waals surface area contributed by atoms with E-state index in [2.05, 4.69) is 18.4 Å². The molecule has 0 aromatic heterocycles. The third kappa shape index (κ3) is 2.99. The maximum absolute atomic E-state index is 13.0. The molecule has 0 radical (unpaired) electrons. The fourth-order valence-corrected chi connectivity index (χ4v) is 1.47. The van der Waals surface area contributed by atoms with Crippen LogP contribution in [-0.2, 0) is 0 Å². The monoisotopic (exact) mass is 238 g/mol. The molecule has 2 heteroatoms. The van der Waals surface area contributed by atoms with Crippen LogP contribution in [0.3, 0.4) is 0 Å². The van der Waals surface area contributed by atoms with Crippen molar-refractivity contribution in [3.05, 3.63) is 78.3 Å². The zero-order chi connectivity index (χ0) is 12.8. The van der Waals surface area contributed by atoms with Crippen LogP contribution in [-0.4, -0.2) is 0 Å². The van der Waals surface area contributed by atoms with E-state index in [0.29, 0.717) is 11.3 Å². The van der Waals surface area contributed by atoms with Gasteiger partial charge in [-0.2, -0.15) is 0 Å². The minimum absolute atomic E-state index is 0.294. The first-order chi connectivity index (χ1) is 8.79. The summed E-state index contributed by atoms with van der Waals surface area (Å²) in [6.07, 6.45) is 1.35. The average molecular weight is 238 g/mol. The second kappa shape index (κ2) is 5.70. The van der Waals surface area contributed by atoms with E-state index in [4.69, 9.17) is 4.74 Å². The molecule has 2 rings (SSSR count). The molecule has 0 amide bonds. The summed E-state index contributed by atoms with van der Waals surface area (Å²) in [5.74, 6) is 6.19. The highest BCUT2D eigenvalue weighted by atomic mass is 19.1. The second-order valence-electron chi connectivity index (χ2n) is 3.54. The summed E-state index contributed by atoms with van der Waals surface area (Å²) in [6, 6.07) is 13.5. The van der Waals surface area contributed by atoms with Gasteiger partial charge in [0, 0.05) is 5.56 Å². The highest BCUT2D eigenvalue weighted by Gasteiger charge is 1.97. The number of rotatable bonds is 2. The molecule has 0 unspecified atom stereocenters. The van der Waals surface area contributed by atoms with Gasteiger partial charge in [-0.25, -0.2) is 4.39 Å². The molecule has 0 saturated carbocycles. The van der Waals surface area contributed by atoms with Gasteiger partial charge in [0.05, 0.1) is 11.8 Å². The molecule has 0 atom stereocenters.